The predicted molar refractivity (Wildman–Crippen MR) is 78.2 cm³/mol. The minimum Gasteiger partial charge on any atom is -0.381 e. The van der Waals surface area contributed by atoms with Crippen molar-refractivity contribution in [3.8, 4) is 0 Å². The molecular formula is C15H23NOS. The Morgan fingerprint density at radius 1 is 1.33 bits per heavy atom. The molecule has 1 unspecified atom stereocenters. The molecule has 1 aromatic rings. The fourth-order valence-corrected chi connectivity index (χ4v) is 3.49. The highest BCUT2D eigenvalue weighted by molar-refractivity contribution is 7.99. The normalized spacial score (nSPS) is 23.4. The Bertz CT molecular complexity index is 336. The first-order valence-corrected chi connectivity index (χ1v) is 7.79. The van der Waals surface area contributed by atoms with E-state index < -0.39 is 0 Å². The average molecular weight is 265 g/mol. The van der Waals surface area contributed by atoms with Crippen molar-refractivity contribution in [2.45, 2.75) is 24.7 Å². The molecule has 0 amide bonds. The van der Waals surface area contributed by atoms with Gasteiger partial charge in [-0.1, -0.05) is 25.1 Å². The Morgan fingerprint density at radius 2 is 2.17 bits per heavy atom. The van der Waals surface area contributed by atoms with Crippen LogP contribution in [0.5, 0.6) is 0 Å². The minimum absolute atomic E-state index is 0.373. The molecule has 1 fully saturated rings. The second-order valence-corrected chi connectivity index (χ2v) is 6.16. The summed E-state index contributed by atoms with van der Waals surface area (Å²) in [6, 6.07) is 10.7. The number of benzene rings is 1. The number of hydrogen-bond donors (Lipinski definition) is 1. The van der Waals surface area contributed by atoms with E-state index in [0.29, 0.717) is 5.41 Å². The van der Waals surface area contributed by atoms with Gasteiger partial charge in [-0.05, 0) is 37.3 Å². The molecular weight excluding hydrogens is 242 g/mol. The van der Waals surface area contributed by atoms with Crippen molar-refractivity contribution in [3.05, 3.63) is 30.3 Å². The average Bonchev–Trinajstić information content (AvgIpc) is 2.87. The van der Waals surface area contributed by atoms with Gasteiger partial charge in [0, 0.05) is 23.5 Å². The van der Waals surface area contributed by atoms with Crippen molar-refractivity contribution in [1.29, 1.82) is 0 Å². The first-order chi connectivity index (χ1) is 8.85. The second-order valence-electron chi connectivity index (χ2n) is 4.99. The summed E-state index contributed by atoms with van der Waals surface area (Å²) in [6.45, 7) is 6.17. The molecule has 3 heteroatoms. The molecule has 1 N–H and O–H groups in total. The smallest absolute Gasteiger partial charge is 0.0535 e. The largest absolute Gasteiger partial charge is 0.381 e. The van der Waals surface area contributed by atoms with Crippen molar-refractivity contribution >= 4 is 11.8 Å². The molecule has 1 aliphatic rings. The van der Waals surface area contributed by atoms with Gasteiger partial charge in [0.25, 0.3) is 0 Å². The summed E-state index contributed by atoms with van der Waals surface area (Å²) < 4.78 is 5.61. The summed E-state index contributed by atoms with van der Waals surface area (Å²) in [4.78, 5) is 1.37. The maximum absolute atomic E-state index is 5.61. The van der Waals surface area contributed by atoms with Gasteiger partial charge >= 0.3 is 0 Å². The van der Waals surface area contributed by atoms with Gasteiger partial charge in [-0.3, -0.25) is 0 Å². The van der Waals surface area contributed by atoms with Gasteiger partial charge in [0.15, 0.2) is 0 Å². The Hall–Kier alpha value is -0.510. The van der Waals surface area contributed by atoms with Crippen LogP contribution in [0.2, 0.25) is 0 Å². The molecule has 0 spiro atoms. The lowest BCUT2D eigenvalue weighted by Gasteiger charge is -2.27. The maximum Gasteiger partial charge on any atom is 0.0535 e. The van der Waals surface area contributed by atoms with Crippen LogP contribution in [0.1, 0.15) is 19.8 Å². The van der Waals surface area contributed by atoms with Crippen LogP contribution in [-0.2, 0) is 4.74 Å². The second kappa shape index (κ2) is 7.17. The van der Waals surface area contributed by atoms with Crippen LogP contribution in [0.4, 0.5) is 0 Å². The van der Waals surface area contributed by atoms with Gasteiger partial charge in [-0.25, -0.2) is 0 Å². The van der Waals surface area contributed by atoms with Gasteiger partial charge < -0.3 is 10.1 Å². The summed E-state index contributed by atoms with van der Waals surface area (Å²) in [6.07, 6.45) is 2.44. The van der Waals surface area contributed by atoms with E-state index in [1.807, 2.05) is 11.8 Å². The third-order valence-electron chi connectivity index (χ3n) is 3.58. The van der Waals surface area contributed by atoms with E-state index in [9.17, 15) is 0 Å². The summed E-state index contributed by atoms with van der Waals surface area (Å²) >= 11 is 1.96. The highest BCUT2D eigenvalue weighted by Crippen LogP contribution is 2.34. The number of hydrogen-bond acceptors (Lipinski definition) is 3. The molecule has 2 nitrogen and oxygen atoms in total. The van der Waals surface area contributed by atoms with E-state index in [1.54, 1.807) is 0 Å². The number of ether oxygens (including phenoxy) is 1. The molecule has 1 saturated heterocycles. The molecule has 0 aromatic heterocycles. The van der Waals surface area contributed by atoms with Gasteiger partial charge in [-0.15, -0.1) is 11.8 Å². The third-order valence-corrected chi connectivity index (χ3v) is 4.59. The highest BCUT2D eigenvalue weighted by Gasteiger charge is 2.33. The lowest BCUT2D eigenvalue weighted by atomic mass is 9.84. The van der Waals surface area contributed by atoms with Crippen molar-refractivity contribution in [1.82, 2.24) is 5.32 Å². The zero-order valence-electron chi connectivity index (χ0n) is 11.2. The predicted octanol–water partition coefficient (Wildman–Crippen LogP) is 3.19. The molecule has 100 valence electrons. The highest BCUT2D eigenvalue weighted by atomic mass is 32.2. The van der Waals surface area contributed by atoms with E-state index in [0.717, 1.165) is 26.3 Å². The van der Waals surface area contributed by atoms with E-state index in [-0.39, 0.29) is 0 Å². The molecule has 1 atom stereocenters. The van der Waals surface area contributed by atoms with E-state index >= 15 is 0 Å². The SMILES string of the molecule is CCNCC1(CCSc2ccccc2)CCOC1. The number of thioether (sulfide) groups is 1. The lowest BCUT2D eigenvalue weighted by molar-refractivity contribution is 0.148. The molecule has 18 heavy (non-hydrogen) atoms. The zero-order chi connectivity index (χ0) is 12.7. The lowest BCUT2D eigenvalue weighted by Crippen LogP contribution is -2.35. The van der Waals surface area contributed by atoms with E-state index in [2.05, 4.69) is 42.6 Å². The Labute approximate surface area is 114 Å². The van der Waals surface area contributed by atoms with Crippen LogP contribution in [0.15, 0.2) is 35.2 Å². The first kappa shape index (κ1) is 13.9. The fourth-order valence-electron chi connectivity index (χ4n) is 2.37. The van der Waals surface area contributed by atoms with Crippen molar-refractivity contribution in [2.75, 3.05) is 32.1 Å². The molecule has 1 heterocycles. The van der Waals surface area contributed by atoms with Crippen molar-refractivity contribution in [3.63, 3.8) is 0 Å². The van der Waals surface area contributed by atoms with Gasteiger partial charge in [0.1, 0.15) is 0 Å². The Morgan fingerprint density at radius 3 is 2.83 bits per heavy atom. The van der Waals surface area contributed by atoms with E-state index in [1.165, 1.54) is 23.5 Å². The summed E-state index contributed by atoms with van der Waals surface area (Å²) in [5.41, 5.74) is 0.373. The molecule has 2 rings (SSSR count). The van der Waals surface area contributed by atoms with Crippen LogP contribution in [-0.4, -0.2) is 32.1 Å². The van der Waals surface area contributed by atoms with Crippen LogP contribution >= 0.6 is 11.8 Å². The van der Waals surface area contributed by atoms with Crippen LogP contribution in [0, 0.1) is 5.41 Å². The molecule has 1 aromatic carbocycles. The molecule has 0 aliphatic carbocycles. The molecule has 0 saturated carbocycles. The zero-order valence-corrected chi connectivity index (χ0v) is 12.0. The Balaban J connectivity index is 1.79. The topological polar surface area (TPSA) is 21.3 Å². The van der Waals surface area contributed by atoms with E-state index in [4.69, 9.17) is 4.74 Å². The maximum atomic E-state index is 5.61. The first-order valence-electron chi connectivity index (χ1n) is 6.81. The van der Waals surface area contributed by atoms with Crippen molar-refractivity contribution < 1.29 is 4.74 Å². The van der Waals surface area contributed by atoms with Crippen LogP contribution < -0.4 is 5.32 Å². The molecule has 0 radical (unpaired) electrons. The summed E-state index contributed by atoms with van der Waals surface area (Å²) in [5, 5.41) is 3.49. The van der Waals surface area contributed by atoms with Crippen LogP contribution in [0.25, 0.3) is 0 Å². The standard InChI is InChI=1S/C15H23NOS/c1-2-16-12-15(8-10-17-13-15)9-11-18-14-6-4-3-5-7-14/h3-7,16H,2,8-13H2,1H3. The quantitative estimate of drug-likeness (QED) is 0.765. The van der Waals surface area contributed by atoms with Crippen molar-refractivity contribution in [2.24, 2.45) is 5.41 Å². The number of nitrogens with one attached hydrogen (secondary N) is 1. The van der Waals surface area contributed by atoms with Crippen LogP contribution in [0.3, 0.4) is 0 Å². The molecule has 0 bridgehead atoms. The number of rotatable bonds is 7. The Kier molecular flexibility index (Phi) is 5.54. The fraction of sp³-hybridized carbons (Fsp3) is 0.600. The van der Waals surface area contributed by atoms with Gasteiger partial charge in [-0.2, -0.15) is 0 Å². The summed E-state index contributed by atoms with van der Waals surface area (Å²) in [7, 11) is 0. The summed E-state index contributed by atoms with van der Waals surface area (Å²) in [5.74, 6) is 1.18. The molecule has 1 aliphatic heterocycles. The monoisotopic (exact) mass is 265 g/mol. The third kappa shape index (κ3) is 4.01. The minimum atomic E-state index is 0.373. The van der Waals surface area contributed by atoms with Gasteiger partial charge in [0.05, 0.1) is 6.61 Å². The van der Waals surface area contributed by atoms with Gasteiger partial charge in [0.2, 0.25) is 0 Å².